The molecule has 0 aliphatic heterocycles. The average Bonchev–Trinajstić information content (AvgIpc) is 2.79. The highest BCUT2D eigenvalue weighted by atomic mass is 16.1. The number of rotatable bonds is 5. The summed E-state index contributed by atoms with van der Waals surface area (Å²) in [6.45, 7) is 3.20. The molecule has 90 valence electrons. The summed E-state index contributed by atoms with van der Waals surface area (Å²) in [7, 11) is 0. The van der Waals surface area contributed by atoms with Gasteiger partial charge in [0, 0.05) is 6.20 Å². The number of pyridine rings is 1. The third kappa shape index (κ3) is 2.84. The first kappa shape index (κ1) is 11.6. The van der Waals surface area contributed by atoms with Gasteiger partial charge in [0.15, 0.2) is 5.69 Å². The summed E-state index contributed by atoms with van der Waals surface area (Å²) in [5.74, 6) is 0. The molecule has 0 aliphatic carbocycles. The maximum absolute atomic E-state index is 11.6. The Morgan fingerprint density at radius 2 is 2.29 bits per heavy atom. The molecule has 4 nitrogen and oxygen atoms in total. The largest absolute Gasteiger partial charge is 0.325 e. The highest BCUT2D eigenvalue weighted by Crippen LogP contribution is 1.99. The maximum Gasteiger partial charge on any atom is 0.295 e. The highest BCUT2D eigenvalue weighted by Gasteiger charge is 2.08. The van der Waals surface area contributed by atoms with E-state index in [9.17, 15) is 4.79 Å². The molecule has 0 amide bonds. The van der Waals surface area contributed by atoms with Gasteiger partial charge >= 0.3 is 0 Å². The number of nitrogens with one attached hydrogen (secondary N) is 1. The van der Waals surface area contributed by atoms with E-state index in [1.165, 1.54) is 19.3 Å². The first-order valence-corrected chi connectivity index (χ1v) is 6.06. The molecular weight excluding hydrogens is 214 g/mol. The Morgan fingerprint density at radius 3 is 3.06 bits per heavy atom. The molecule has 0 atom stereocenters. The predicted molar refractivity (Wildman–Crippen MR) is 66.1 cm³/mol. The van der Waals surface area contributed by atoms with Gasteiger partial charge in [-0.25, -0.2) is 4.57 Å². The Morgan fingerprint density at radius 1 is 1.41 bits per heavy atom. The van der Waals surface area contributed by atoms with Crippen LogP contribution in [0.25, 0.3) is 5.69 Å². The summed E-state index contributed by atoms with van der Waals surface area (Å²) in [6.07, 6.45) is 11.2. The lowest BCUT2D eigenvalue weighted by atomic mass is 10.2. The van der Waals surface area contributed by atoms with Gasteiger partial charge in [0.25, 0.3) is 5.56 Å². The average molecular weight is 232 g/mol. The van der Waals surface area contributed by atoms with Crippen molar-refractivity contribution in [2.24, 2.45) is 0 Å². The van der Waals surface area contributed by atoms with E-state index in [-0.39, 0.29) is 5.56 Å². The summed E-state index contributed by atoms with van der Waals surface area (Å²) in [5, 5.41) is 0. The van der Waals surface area contributed by atoms with Gasteiger partial charge in [-0.1, -0.05) is 13.3 Å². The van der Waals surface area contributed by atoms with Crippen LogP contribution in [0.3, 0.4) is 0 Å². The van der Waals surface area contributed by atoms with E-state index in [2.05, 4.69) is 16.5 Å². The molecule has 0 saturated carbocycles. The zero-order valence-corrected chi connectivity index (χ0v) is 10.1. The van der Waals surface area contributed by atoms with Gasteiger partial charge in [-0.05, 0) is 25.0 Å². The second-order valence-corrected chi connectivity index (χ2v) is 4.15. The van der Waals surface area contributed by atoms with Crippen molar-refractivity contribution in [2.45, 2.75) is 32.7 Å². The Kier molecular flexibility index (Phi) is 3.75. The minimum Gasteiger partial charge on any atom is -0.325 e. The molecule has 2 aromatic rings. The monoisotopic (exact) mass is 232 g/mol. The molecular formula is C13H18N3O+. The van der Waals surface area contributed by atoms with E-state index in [1.54, 1.807) is 6.20 Å². The van der Waals surface area contributed by atoms with Gasteiger partial charge in [-0.15, -0.1) is 0 Å². The summed E-state index contributed by atoms with van der Waals surface area (Å²) in [6, 6.07) is 3.65. The molecule has 0 aliphatic rings. The number of hydrogen-bond donors (Lipinski definition) is 1. The smallest absolute Gasteiger partial charge is 0.295 e. The van der Waals surface area contributed by atoms with Crippen molar-refractivity contribution in [3.63, 3.8) is 0 Å². The fourth-order valence-electron chi connectivity index (χ4n) is 1.83. The number of aryl methyl sites for hydroxylation is 1. The van der Waals surface area contributed by atoms with E-state index < -0.39 is 0 Å². The van der Waals surface area contributed by atoms with E-state index in [4.69, 9.17) is 0 Å². The predicted octanol–water partition coefficient (Wildman–Crippen LogP) is 1.64. The second kappa shape index (κ2) is 5.48. The Bertz CT molecular complexity index is 527. The van der Waals surface area contributed by atoms with Crippen molar-refractivity contribution >= 4 is 0 Å². The minimum absolute atomic E-state index is 0.0659. The van der Waals surface area contributed by atoms with Crippen molar-refractivity contribution < 1.29 is 4.57 Å². The van der Waals surface area contributed by atoms with Crippen LogP contribution >= 0.6 is 0 Å². The number of hydrogen-bond acceptors (Lipinski definition) is 1. The lowest BCUT2D eigenvalue weighted by molar-refractivity contribution is -0.696. The van der Waals surface area contributed by atoms with Gasteiger partial charge in [-0.3, -0.25) is 4.79 Å². The van der Waals surface area contributed by atoms with Crippen LogP contribution in [-0.4, -0.2) is 9.55 Å². The van der Waals surface area contributed by atoms with Crippen LogP contribution in [0.5, 0.6) is 0 Å². The van der Waals surface area contributed by atoms with E-state index >= 15 is 0 Å². The molecule has 0 radical (unpaired) electrons. The summed E-state index contributed by atoms with van der Waals surface area (Å²) in [5.41, 5.74) is 0.588. The number of nitrogens with zero attached hydrogens (tertiary/aromatic N) is 2. The third-order valence-electron chi connectivity index (χ3n) is 2.79. The molecule has 0 aromatic carbocycles. The lowest BCUT2D eigenvalue weighted by Gasteiger charge is -1.95. The molecule has 0 unspecified atom stereocenters. The SMILES string of the molecule is CCCCC[n+]1ccn(-c2ccc[nH]c2=O)c1. The second-order valence-electron chi connectivity index (χ2n) is 4.15. The Hall–Kier alpha value is -1.84. The number of aromatic nitrogens is 3. The molecule has 0 saturated heterocycles. The van der Waals surface area contributed by atoms with Gasteiger partial charge < -0.3 is 4.98 Å². The Labute approximate surface area is 101 Å². The fraction of sp³-hybridized carbons (Fsp3) is 0.385. The number of aromatic amines is 1. The van der Waals surface area contributed by atoms with Crippen LogP contribution in [0.2, 0.25) is 0 Å². The number of unbranched alkanes of at least 4 members (excludes halogenated alkanes) is 2. The molecule has 1 N–H and O–H groups in total. The van der Waals surface area contributed by atoms with Crippen LogP contribution in [0.4, 0.5) is 0 Å². The molecule has 4 heteroatoms. The van der Waals surface area contributed by atoms with Crippen molar-refractivity contribution in [3.8, 4) is 5.69 Å². The normalized spacial score (nSPS) is 10.6. The van der Waals surface area contributed by atoms with Gasteiger partial charge in [0.1, 0.15) is 12.4 Å². The van der Waals surface area contributed by atoms with Gasteiger partial charge in [-0.2, -0.15) is 4.57 Å². The lowest BCUT2D eigenvalue weighted by Crippen LogP contribution is -2.31. The van der Waals surface area contributed by atoms with Crippen LogP contribution in [0, 0.1) is 0 Å². The Balaban J connectivity index is 2.13. The fourth-order valence-corrected chi connectivity index (χ4v) is 1.83. The minimum atomic E-state index is -0.0659. The molecule has 0 fully saturated rings. The number of H-pyrrole nitrogens is 1. The molecule has 2 rings (SSSR count). The van der Waals surface area contributed by atoms with Crippen LogP contribution < -0.4 is 10.1 Å². The molecule has 0 bridgehead atoms. The van der Waals surface area contributed by atoms with E-state index in [0.29, 0.717) is 5.69 Å². The maximum atomic E-state index is 11.6. The third-order valence-corrected chi connectivity index (χ3v) is 2.79. The molecule has 2 aromatic heterocycles. The number of imidazole rings is 1. The van der Waals surface area contributed by atoms with E-state index in [1.807, 2.05) is 35.4 Å². The zero-order chi connectivity index (χ0) is 12.1. The highest BCUT2D eigenvalue weighted by molar-refractivity contribution is 5.26. The summed E-state index contributed by atoms with van der Waals surface area (Å²) < 4.78 is 3.97. The van der Waals surface area contributed by atoms with Gasteiger partial charge in [0.05, 0.1) is 6.54 Å². The summed E-state index contributed by atoms with van der Waals surface area (Å²) >= 11 is 0. The van der Waals surface area contributed by atoms with Crippen LogP contribution in [0.15, 0.2) is 41.8 Å². The van der Waals surface area contributed by atoms with E-state index in [0.717, 1.165) is 6.54 Å². The van der Waals surface area contributed by atoms with Crippen LogP contribution in [-0.2, 0) is 6.54 Å². The molecule has 0 spiro atoms. The standard InChI is InChI=1S/C13H17N3O/c1-2-3-4-8-15-9-10-16(11-15)12-6-5-7-14-13(12)17/h5-7,9-11H,2-4,8H2,1H3/p+1. The molecule has 2 heterocycles. The zero-order valence-electron chi connectivity index (χ0n) is 10.1. The molecule has 17 heavy (non-hydrogen) atoms. The van der Waals surface area contributed by atoms with Crippen molar-refractivity contribution in [1.29, 1.82) is 0 Å². The van der Waals surface area contributed by atoms with Crippen molar-refractivity contribution in [3.05, 3.63) is 47.4 Å². The quantitative estimate of drug-likeness (QED) is 0.618. The van der Waals surface area contributed by atoms with Crippen LogP contribution in [0.1, 0.15) is 26.2 Å². The summed E-state index contributed by atoms with van der Waals surface area (Å²) in [4.78, 5) is 14.3. The first-order valence-electron chi connectivity index (χ1n) is 6.06. The van der Waals surface area contributed by atoms with Gasteiger partial charge in [0.2, 0.25) is 6.33 Å². The topological polar surface area (TPSA) is 41.7 Å². The van der Waals surface area contributed by atoms with Crippen molar-refractivity contribution in [2.75, 3.05) is 0 Å². The first-order chi connectivity index (χ1) is 8.31. The van der Waals surface area contributed by atoms with Crippen molar-refractivity contribution in [1.82, 2.24) is 9.55 Å².